The summed E-state index contributed by atoms with van der Waals surface area (Å²) in [5.74, 6) is 0. The number of thiazole rings is 1. The number of nitrogen functional groups attached to an aromatic ring is 1. The van der Waals surface area contributed by atoms with E-state index in [-0.39, 0.29) is 0 Å². The van der Waals surface area contributed by atoms with E-state index >= 15 is 0 Å². The second-order valence-electron chi connectivity index (χ2n) is 3.59. The average Bonchev–Trinajstić information content (AvgIpc) is 2.86. The van der Waals surface area contributed by atoms with Gasteiger partial charge in [0.05, 0.1) is 15.2 Å². The number of anilines is 1. The van der Waals surface area contributed by atoms with Crippen LogP contribution in [0.3, 0.4) is 0 Å². The largest absolute Gasteiger partial charge is 0.399 e. The molecule has 2 nitrogen and oxygen atoms in total. The fourth-order valence-corrected chi connectivity index (χ4v) is 3.47. The van der Waals surface area contributed by atoms with Gasteiger partial charge in [-0.3, -0.25) is 0 Å². The lowest BCUT2D eigenvalue weighted by Gasteiger charge is -1.89. The molecule has 4 heteroatoms. The van der Waals surface area contributed by atoms with Crippen molar-refractivity contribution in [3.63, 3.8) is 0 Å². The van der Waals surface area contributed by atoms with E-state index in [1.807, 2.05) is 18.2 Å². The molecule has 2 aromatic heterocycles. The molecular formula is C12H10N2S2. The Hall–Kier alpha value is -1.39. The summed E-state index contributed by atoms with van der Waals surface area (Å²) in [6.07, 6.45) is 0.927. The van der Waals surface area contributed by atoms with Crippen LogP contribution in [0.15, 0.2) is 35.7 Å². The maximum atomic E-state index is 5.75. The van der Waals surface area contributed by atoms with E-state index in [0.717, 1.165) is 22.6 Å². The van der Waals surface area contributed by atoms with E-state index in [1.54, 1.807) is 22.7 Å². The molecule has 80 valence electrons. The Morgan fingerprint density at radius 1 is 1.25 bits per heavy atom. The summed E-state index contributed by atoms with van der Waals surface area (Å²) >= 11 is 3.50. The Bertz CT molecular complexity index is 611. The van der Waals surface area contributed by atoms with Crippen LogP contribution >= 0.6 is 22.7 Å². The Labute approximate surface area is 101 Å². The van der Waals surface area contributed by atoms with Crippen molar-refractivity contribution in [1.29, 1.82) is 0 Å². The minimum Gasteiger partial charge on any atom is -0.399 e. The van der Waals surface area contributed by atoms with Gasteiger partial charge in [0.2, 0.25) is 0 Å². The first-order valence-corrected chi connectivity index (χ1v) is 6.68. The minimum absolute atomic E-state index is 0.804. The fraction of sp³-hybridized carbons (Fsp3) is 0.0833. The van der Waals surface area contributed by atoms with Gasteiger partial charge in [0, 0.05) is 17.0 Å². The number of thiophene rings is 1. The molecule has 3 rings (SSSR count). The van der Waals surface area contributed by atoms with Gasteiger partial charge >= 0.3 is 0 Å². The Morgan fingerprint density at radius 3 is 3.00 bits per heavy atom. The third-order valence-electron chi connectivity index (χ3n) is 2.36. The fourth-order valence-electron chi connectivity index (χ4n) is 1.63. The topological polar surface area (TPSA) is 38.9 Å². The van der Waals surface area contributed by atoms with E-state index in [1.165, 1.54) is 9.58 Å². The molecule has 0 saturated heterocycles. The molecule has 0 radical (unpaired) electrons. The van der Waals surface area contributed by atoms with E-state index in [9.17, 15) is 0 Å². The highest BCUT2D eigenvalue weighted by Crippen LogP contribution is 2.26. The summed E-state index contributed by atoms with van der Waals surface area (Å²) in [5, 5.41) is 3.25. The number of fused-ring (bicyclic) bond motifs is 1. The van der Waals surface area contributed by atoms with Crippen molar-refractivity contribution in [2.24, 2.45) is 0 Å². The Morgan fingerprint density at radius 2 is 2.19 bits per heavy atom. The summed E-state index contributed by atoms with van der Waals surface area (Å²) in [5.41, 5.74) is 7.60. The van der Waals surface area contributed by atoms with Gasteiger partial charge in [0.1, 0.15) is 0 Å². The number of nitrogens with zero attached hydrogens (tertiary/aromatic N) is 1. The van der Waals surface area contributed by atoms with Crippen LogP contribution in [-0.2, 0) is 6.42 Å². The number of rotatable bonds is 2. The summed E-state index contributed by atoms with van der Waals surface area (Å²) in [6, 6.07) is 10.1. The zero-order valence-corrected chi connectivity index (χ0v) is 10.1. The van der Waals surface area contributed by atoms with Crippen LogP contribution in [0.2, 0.25) is 0 Å². The zero-order valence-electron chi connectivity index (χ0n) is 8.51. The van der Waals surface area contributed by atoms with Crippen LogP contribution in [0.25, 0.3) is 10.2 Å². The van der Waals surface area contributed by atoms with Gasteiger partial charge in [-0.2, -0.15) is 0 Å². The van der Waals surface area contributed by atoms with Crippen LogP contribution in [0, 0.1) is 0 Å². The number of hydrogen-bond donors (Lipinski definition) is 1. The van der Waals surface area contributed by atoms with Crippen LogP contribution in [-0.4, -0.2) is 4.98 Å². The molecule has 0 amide bonds. The quantitative estimate of drug-likeness (QED) is 0.702. The van der Waals surface area contributed by atoms with Crippen LogP contribution in [0.1, 0.15) is 9.88 Å². The van der Waals surface area contributed by atoms with Gasteiger partial charge in [-0.15, -0.1) is 22.7 Å². The molecular weight excluding hydrogens is 236 g/mol. The third kappa shape index (κ3) is 1.81. The molecule has 2 N–H and O–H groups in total. The third-order valence-corrected chi connectivity index (χ3v) is 4.26. The van der Waals surface area contributed by atoms with Crippen molar-refractivity contribution < 1.29 is 0 Å². The molecule has 0 aliphatic rings. The molecule has 0 aliphatic heterocycles. The molecule has 0 atom stereocenters. The predicted octanol–water partition coefficient (Wildman–Crippen LogP) is 3.53. The maximum absolute atomic E-state index is 5.75. The first-order valence-electron chi connectivity index (χ1n) is 4.98. The van der Waals surface area contributed by atoms with Crippen LogP contribution in [0.5, 0.6) is 0 Å². The molecule has 2 heterocycles. The second-order valence-corrected chi connectivity index (χ2v) is 5.74. The first-order chi connectivity index (χ1) is 7.81. The summed E-state index contributed by atoms with van der Waals surface area (Å²) in [4.78, 5) is 5.95. The van der Waals surface area contributed by atoms with Crippen LogP contribution in [0.4, 0.5) is 5.69 Å². The Balaban J connectivity index is 1.99. The van der Waals surface area contributed by atoms with Crippen molar-refractivity contribution >= 4 is 38.6 Å². The average molecular weight is 246 g/mol. The highest BCUT2D eigenvalue weighted by Gasteiger charge is 2.05. The van der Waals surface area contributed by atoms with E-state index in [4.69, 9.17) is 5.73 Å². The number of hydrogen-bond acceptors (Lipinski definition) is 4. The summed E-state index contributed by atoms with van der Waals surface area (Å²) < 4.78 is 1.17. The minimum atomic E-state index is 0.804. The lowest BCUT2D eigenvalue weighted by atomic mass is 10.3. The Kier molecular flexibility index (Phi) is 2.38. The smallest absolute Gasteiger partial charge is 0.0990 e. The number of benzene rings is 1. The van der Waals surface area contributed by atoms with Gasteiger partial charge in [-0.05, 0) is 29.6 Å². The second kappa shape index (κ2) is 3.88. The lowest BCUT2D eigenvalue weighted by molar-refractivity contribution is 1.19. The molecule has 0 bridgehead atoms. The van der Waals surface area contributed by atoms with Gasteiger partial charge in [-0.25, -0.2) is 4.98 Å². The van der Waals surface area contributed by atoms with Gasteiger partial charge < -0.3 is 5.73 Å². The molecule has 0 unspecified atom stereocenters. The first kappa shape index (κ1) is 9.81. The standard InChI is InChI=1S/C12H10N2S2/c13-8-3-4-10-11(6-8)16-12(14-10)7-9-2-1-5-15-9/h1-6H,7,13H2. The SMILES string of the molecule is Nc1ccc2nc(Cc3cccs3)sc2c1. The monoisotopic (exact) mass is 246 g/mol. The molecule has 3 aromatic rings. The number of aromatic nitrogens is 1. The molecule has 1 aromatic carbocycles. The molecule has 0 saturated carbocycles. The van der Waals surface area contributed by atoms with Crippen molar-refractivity contribution in [2.45, 2.75) is 6.42 Å². The predicted molar refractivity (Wildman–Crippen MR) is 71.2 cm³/mol. The number of nitrogens with two attached hydrogens (primary N) is 1. The normalized spacial score (nSPS) is 11.0. The van der Waals surface area contributed by atoms with E-state index in [0.29, 0.717) is 0 Å². The summed E-state index contributed by atoms with van der Waals surface area (Å²) in [7, 11) is 0. The van der Waals surface area contributed by atoms with Gasteiger partial charge in [-0.1, -0.05) is 6.07 Å². The lowest BCUT2D eigenvalue weighted by Crippen LogP contribution is -1.82. The van der Waals surface area contributed by atoms with E-state index in [2.05, 4.69) is 22.5 Å². The van der Waals surface area contributed by atoms with Crippen molar-refractivity contribution in [3.8, 4) is 0 Å². The van der Waals surface area contributed by atoms with Gasteiger partial charge in [0.15, 0.2) is 0 Å². The van der Waals surface area contributed by atoms with Gasteiger partial charge in [0.25, 0.3) is 0 Å². The van der Waals surface area contributed by atoms with Crippen molar-refractivity contribution in [3.05, 3.63) is 45.6 Å². The van der Waals surface area contributed by atoms with Crippen molar-refractivity contribution in [1.82, 2.24) is 4.98 Å². The molecule has 0 aliphatic carbocycles. The highest BCUT2D eigenvalue weighted by molar-refractivity contribution is 7.18. The van der Waals surface area contributed by atoms with E-state index < -0.39 is 0 Å². The molecule has 0 fully saturated rings. The maximum Gasteiger partial charge on any atom is 0.0990 e. The molecule has 16 heavy (non-hydrogen) atoms. The summed E-state index contributed by atoms with van der Waals surface area (Å²) in [6.45, 7) is 0. The highest BCUT2D eigenvalue weighted by atomic mass is 32.1. The zero-order chi connectivity index (χ0) is 11.0. The molecule has 0 spiro atoms. The van der Waals surface area contributed by atoms with Crippen molar-refractivity contribution in [2.75, 3.05) is 5.73 Å². The van der Waals surface area contributed by atoms with Crippen LogP contribution < -0.4 is 5.73 Å².